The molecule has 5 heteroatoms. The van der Waals surface area contributed by atoms with Crippen LogP contribution in [0.25, 0.3) is 0 Å². The number of aliphatic imine (C=N–C) groups is 1. The van der Waals surface area contributed by atoms with E-state index < -0.39 is 0 Å². The fraction of sp³-hybridized carbons (Fsp3) is 0.650. The third-order valence-electron chi connectivity index (χ3n) is 5.15. The predicted octanol–water partition coefficient (Wildman–Crippen LogP) is 3.48. The van der Waals surface area contributed by atoms with Gasteiger partial charge in [0.05, 0.1) is 0 Å². The van der Waals surface area contributed by atoms with Gasteiger partial charge in [0.15, 0.2) is 5.96 Å². The van der Waals surface area contributed by atoms with E-state index in [0.29, 0.717) is 12.1 Å². The number of thioether (sulfide) groups is 1. The minimum Gasteiger partial charge on any atom is -0.354 e. The van der Waals surface area contributed by atoms with Gasteiger partial charge in [0.25, 0.3) is 0 Å². The first kappa shape index (κ1) is 20.1. The highest BCUT2D eigenvalue weighted by molar-refractivity contribution is 7.99. The molecule has 2 rings (SSSR count). The van der Waals surface area contributed by atoms with Crippen molar-refractivity contribution in [2.75, 3.05) is 20.4 Å². The summed E-state index contributed by atoms with van der Waals surface area (Å²) >= 11 is 1.99. The van der Waals surface area contributed by atoms with E-state index in [1.165, 1.54) is 30.4 Å². The van der Waals surface area contributed by atoms with Gasteiger partial charge in [-0.25, -0.2) is 0 Å². The van der Waals surface area contributed by atoms with E-state index in [4.69, 9.17) is 0 Å². The van der Waals surface area contributed by atoms with Crippen molar-refractivity contribution in [1.29, 1.82) is 0 Å². The van der Waals surface area contributed by atoms with Crippen LogP contribution in [0, 0.1) is 0 Å². The van der Waals surface area contributed by atoms with Crippen LogP contribution in [0.5, 0.6) is 0 Å². The molecule has 0 aliphatic heterocycles. The Morgan fingerprint density at radius 3 is 2.60 bits per heavy atom. The van der Waals surface area contributed by atoms with Gasteiger partial charge in [0.2, 0.25) is 0 Å². The van der Waals surface area contributed by atoms with Gasteiger partial charge >= 0.3 is 0 Å². The van der Waals surface area contributed by atoms with Crippen molar-refractivity contribution in [3.8, 4) is 0 Å². The van der Waals surface area contributed by atoms with Gasteiger partial charge in [-0.3, -0.25) is 9.89 Å². The van der Waals surface area contributed by atoms with Gasteiger partial charge in [0, 0.05) is 37.5 Å². The molecule has 1 aromatic carbocycles. The fourth-order valence-electron chi connectivity index (χ4n) is 3.19. The zero-order valence-corrected chi connectivity index (χ0v) is 17.2. The maximum absolute atomic E-state index is 4.41. The van der Waals surface area contributed by atoms with Crippen molar-refractivity contribution >= 4 is 17.7 Å². The second-order valence-electron chi connectivity index (χ2n) is 7.22. The maximum Gasteiger partial charge on any atom is 0.191 e. The lowest BCUT2D eigenvalue weighted by Crippen LogP contribution is -2.42. The molecule has 0 saturated heterocycles. The summed E-state index contributed by atoms with van der Waals surface area (Å²) in [6, 6.07) is 9.77. The standard InChI is InChI=1S/C20H34N4S/c1-15(2)24(4)14-17-9-7-6-8-16(17)13-22-20(21-3)23-18-10-11-19(12-18)25-5/h6-9,15,18-19H,10-14H2,1-5H3,(H2,21,22,23). The molecule has 1 aliphatic carbocycles. The largest absolute Gasteiger partial charge is 0.354 e. The molecule has 2 unspecified atom stereocenters. The smallest absolute Gasteiger partial charge is 0.191 e. The third kappa shape index (κ3) is 6.23. The number of guanidine groups is 1. The molecule has 0 bridgehead atoms. The Balaban J connectivity index is 1.91. The minimum atomic E-state index is 0.544. The Morgan fingerprint density at radius 2 is 2.00 bits per heavy atom. The number of benzene rings is 1. The molecule has 1 aliphatic rings. The van der Waals surface area contributed by atoms with E-state index in [1.54, 1.807) is 0 Å². The molecule has 25 heavy (non-hydrogen) atoms. The molecule has 1 saturated carbocycles. The van der Waals surface area contributed by atoms with E-state index >= 15 is 0 Å². The van der Waals surface area contributed by atoms with Crippen molar-refractivity contribution in [3.05, 3.63) is 35.4 Å². The molecule has 1 aromatic rings. The monoisotopic (exact) mass is 362 g/mol. The molecule has 0 spiro atoms. The number of nitrogens with zero attached hydrogens (tertiary/aromatic N) is 2. The summed E-state index contributed by atoms with van der Waals surface area (Å²) < 4.78 is 0. The maximum atomic E-state index is 4.41. The second kappa shape index (κ2) is 10.1. The summed E-state index contributed by atoms with van der Waals surface area (Å²) in [5.74, 6) is 0.916. The van der Waals surface area contributed by atoms with E-state index in [9.17, 15) is 0 Å². The van der Waals surface area contributed by atoms with Crippen LogP contribution in [0.1, 0.15) is 44.2 Å². The lowest BCUT2D eigenvalue weighted by molar-refractivity contribution is 0.265. The van der Waals surface area contributed by atoms with Crippen molar-refractivity contribution in [1.82, 2.24) is 15.5 Å². The van der Waals surface area contributed by atoms with Crippen LogP contribution in [0.15, 0.2) is 29.3 Å². The summed E-state index contributed by atoms with van der Waals surface area (Å²) in [7, 11) is 4.03. The quantitative estimate of drug-likeness (QED) is 0.575. The van der Waals surface area contributed by atoms with E-state index in [1.807, 2.05) is 18.8 Å². The summed E-state index contributed by atoms with van der Waals surface area (Å²) in [6.07, 6.45) is 5.99. The third-order valence-corrected chi connectivity index (χ3v) is 6.24. The van der Waals surface area contributed by atoms with Gasteiger partial charge in [-0.15, -0.1) is 0 Å². The highest BCUT2D eigenvalue weighted by Gasteiger charge is 2.24. The van der Waals surface area contributed by atoms with Gasteiger partial charge < -0.3 is 10.6 Å². The summed E-state index contributed by atoms with van der Waals surface area (Å²) in [5, 5.41) is 7.89. The predicted molar refractivity (Wildman–Crippen MR) is 111 cm³/mol. The van der Waals surface area contributed by atoms with Gasteiger partial charge in [-0.05, 0) is 57.5 Å². The highest BCUT2D eigenvalue weighted by Crippen LogP contribution is 2.28. The Kier molecular flexibility index (Phi) is 8.10. The summed E-state index contributed by atoms with van der Waals surface area (Å²) in [4.78, 5) is 6.78. The lowest BCUT2D eigenvalue weighted by atomic mass is 10.1. The first-order valence-corrected chi connectivity index (χ1v) is 10.6. The lowest BCUT2D eigenvalue weighted by Gasteiger charge is -2.23. The number of nitrogens with one attached hydrogen (secondary N) is 2. The molecule has 4 nitrogen and oxygen atoms in total. The van der Waals surface area contributed by atoms with Crippen molar-refractivity contribution in [2.24, 2.45) is 4.99 Å². The van der Waals surface area contributed by atoms with Gasteiger partial charge in [0.1, 0.15) is 0 Å². The number of rotatable bonds is 7. The Labute approximate surface area is 157 Å². The SMILES string of the molecule is CN=C(NCc1ccccc1CN(C)C(C)C)NC1CCC(SC)C1. The first-order valence-electron chi connectivity index (χ1n) is 9.30. The molecular weight excluding hydrogens is 328 g/mol. The van der Waals surface area contributed by atoms with E-state index in [-0.39, 0.29) is 0 Å². The summed E-state index contributed by atoms with van der Waals surface area (Å²) in [6.45, 7) is 6.24. The average molecular weight is 363 g/mol. The second-order valence-corrected chi connectivity index (χ2v) is 8.35. The zero-order chi connectivity index (χ0) is 18.2. The zero-order valence-electron chi connectivity index (χ0n) is 16.4. The Morgan fingerprint density at radius 1 is 1.28 bits per heavy atom. The topological polar surface area (TPSA) is 39.7 Å². The van der Waals surface area contributed by atoms with Crippen LogP contribution in [-0.2, 0) is 13.1 Å². The van der Waals surface area contributed by atoms with Crippen LogP contribution in [0.4, 0.5) is 0 Å². The normalized spacial score (nSPS) is 21.2. The van der Waals surface area contributed by atoms with Gasteiger partial charge in [-0.2, -0.15) is 11.8 Å². The van der Waals surface area contributed by atoms with Gasteiger partial charge in [-0.1, -0.05) is 24.3 Å². The molecule has 1 fully saturated rings. The highest BCUT2D eigenvalue weighted by atomic mass is 32.2. The molecule has 0 heterocycles. The van der Waals surface area contributed by atoms with E-state index in [0.717, 1.165) is 24.3 Å². The van der Waals surface area contributed by atoms with E-state index in [2.05, 4.69) is 71.9 Å². The fourth-order valence-corrected chi connectivity index (χ4v) is 3.98. The first-order chi connectivity index (χ1) is 12.0. The molecule has 0 radical (unpaired) electrons. The Bertz CT molecular complexity index is 558. The summed E-state index contributed by atoms with van der Waals surface area (Å²) in [5.41, 5.74) is 2.72. The molecule has 0 amide bonds. The van der Waals surface area contributed by atoms with Crippen LogP contribution in [0.2, 0.25) is 0 Å². The minimum absolute atomic E-state index is 0.544. The average Bonchev–Trinajstić information content (AvgIpc) is 3.07. The number of hydrogen-bond donors (Lipinski definition) is 2. The number of hydrogen-bond acceptors (Lipinski definition) is 3. The molecular formula is C20H34N4S. The van der Waals surface area contributed by atoms with Crippen LogP contribution in [-0.4, -0.2) is 48.5 Å². The molecule has 140 valence electrons. The van der Waals surface area contributed by atoms with Crippen molar-refractivity contribution in [2.45, 2.75) is 63.5 Å². The molecule has 2 N–H and O–H groups in total. The van der Waals surface area contributed by atoms with Crippen LogP contribution in [0.3, 0.4) is 0 Å². The van der Waals surface area contributed by atoms with Crippen molar-refractivity contribution in [3.63, 3.8) is 0 Å². The van der Waals surface area contributed by atoms with Crippen molar-refractivity contribution < 1.29 is 0 Å². The Hall–Kier alpha value is -1.20. The molecule has 0 aromatic heterocycles. The molecule has 2 atom stereocenters. The van der Waals surface area contributed by atoms with Crippen LogP contribution < -0.4 is 10.6 Å². The van der Waals surface area contributed by atoms with Crippen LogP contribution >= 0.6 is 11.8 Å².